The van der Waals surface area contributed by atoms with E-state index in [4.69, 9.17) is 19.2 Å². The van der Waals surface area contributed by atoms with Gasteiger partial charge in [-0.1, -0.05) is 30.3 Å². The van der Waals surface area contributed by atoms with E-state index in [9.17, 15) is 4.79 Å². The number of nitrogens with zero attached hydrogens (tertiary/aromatic N) is 1. The highest BCUT2D eigenvalue weighted by atomic mass is 16.5. The van der Waals surface area contributed by atoms with Crippen molar-refractivity contribution in [2.75, 3.05) is 13.7 Å². The molecule has 0 bridgehead atoms. The lowest BCUT2D eigenvalue weighted by molar-refractivity contribution is -0.142. The second kappa shape index (κ2) is 7.70. The van der Waals surface area contributed by atoms with E-state index in [2.05, 4.69) is 39.8 Å². The zero-order valence-corrected chi connectivity index (χ0v) is 19.3. The third-order valence-electron chi connectivity index (χ3n) is 5.84. The largest absolute Gasteiger partial charge is 0.493 e. The molecule has 2 heterocycles. The fourth-order valence-electron chi connectivity index (χ4n) is 4.75. The van der Waals surface area contributed by atoms with Gasteiger partial charge < -0.3 is 14.2 Å². The van der Waals surface area contributed by atoms with Gasteiger partial charge in [0.25, 0.3) is 0 Å². The normalized spacial score (nSPS) is 17.8. The Morgan fingerprint density at radius 2 is 1.81 bits per heavy atom. The van der Waals surface area contributed by atoms with Crippen molar-refractivity contribution < 1.29 is 19.0 Å². The Morgan fingerprint density at radius 3 is 2.45 bits per heavy atom. The highest BCUT2D eigenvalue weighted by molar-refractivity contribution is 6.16. The average molecular weight is 422 g/mol. The molecule has 0 unspecified atom stereocenters. The maximum atomic E-state index is 12.6. The Morgan fingerprint density at radius 1 is 1.10 bits per heavy atom. The standard InChI is InChI=1S/C26H31NO4/c1-7-30-20(28)13-17-18-14-25(2,3)27-22(16-11-9-8-10-12-16)21(18)19-15-26(4,5)31-24(19)23(17)29-6/h8-12H,7,13-15H2,1-6H3. The van der Waals surface area contributed by atoms with Crippen LogP contribution in [0.1, 0.15) is 62.4 Å². The zero-order valence-electron chi connectivity index (χ0n) is 19.3. The lowest BCUT2D eigenvalue weighted by Crippen LogP contribution is -2.32. The molecule has 5 nitrogen and oxygen atoms in total. The van der Waals surface area contributed by atoms with E-state index in [-0.39, 0.29) is 23.5 Å². The lowest BCUT2D eigenvalue weighted by atomic mass is 9.78. The summed E-state index contributed by atoms with van der Waals surface area (Å²) in [5.74, 6) is 1.12. The van der Waals surface area contributed by atoms with Gasteiger partial charge in [-0.15, -0.1) is 0 Å². The number of carbonyl (C=O) groups is 1. The Hall–Kier alpha value is -2.82. The number of methoxy groups -OCH3 is 1. The number of hydrogen-bond donors (Lipinski definition) is 0. The van der Waals surface area contributed by atoms with Gasteiger partial charge in [0, 0.05) is 28.7 Å². The molecule has 2 aromatic carbocycles. The first-order valence-electron chi connectivity index (χ1n) is 10.9. The third-order valence-corrected chi connectivity index (χ3v) is 5.84. The molecule has 0 atom stereocenters. The molecule has 5 heteroatoms. The van der Waals surface area contributed by atoms with Crippen molar-refractivity contribution in [3.8, 4) is 11.5 Å². The summed E-state index contributed by atoms with van der Waals surface area (Å²) in [6.07, 6.45) is 1.62. The Kier molecular flexibility index (Phi) is 5.32. The van der Waals surface area contributed by atoms with Gasteiger partial charge in [-0.3, -0.25) is 9.79 Å². The predicted octanol–water partition coefficient (Wildman–Crippen LogP) is 4.69. The van der Waals surface area contributed by atoms with E-state index >= 15 is 0 Å². The smallest absolute Gasteiger partial charge is 0.310 e. The first kappa shape index (κ1) is 21.4. The van der Waals surface area contributed by atoms with E-state index in [1.807, 2.05) is 25.1 Å². The molecule has 2 aliphatic rings. The summed E-state index contributed by atoms with van der Waals surface area (Å²) in [4.78, 5) is 17.7. The van der Waals surface area contributed by atoms with Crippen LogP contribution >= 0.6 is 0 Å². The van der Waals surface area contributed by atoms with Crippen molar-refractivity contribution in [2.24, 2.45) is 4.99 Å². The fraction of sp³-hybridized carbons (Fsp3) is 0.462. The molecule has 0 fully saturated rings. The van der Waals surface area contributed by atoms with Gasteiger partial charge in [-0.05, 0) is 46.6 Å². The van der Waals surface area contributed by atoms with Gasteiger partial charge in [-0.25, -0.2) is 0 Å². The van der Waals surface area contributed by atoms with Crippen LogP contribution < -0.4 is 9.47 Å². The summed E-state index contributed by atoms with van der Waals surface area (Å²) in [6.45, 7) is 10.6. The van der Waals surface area contributed by atoms with Gasteiger partial charge >= 0.3 is 5.97 Å². The van der Waals surface area contributed by atoms with Crippen LogP contribution in [0.5, 0.6) is 11.5 Å². The monoisotopic (exact) mass is 421 g/mol. The van der Waals surface area contributed by atoms with Crippen molar-refractivity contribution in [2.45, 2.75) is 65.0 Å². The molecule has 0 amide bonds. The van der Waals surface area contributed by atoms with E-state index in [0.717, 1.165) is 52.1 Å². The molecular weight excluding hydrogens is 390 g/mol. The van der Waals surface area contributed by atoms with E-state index in [0.29, 0.717) is 12.4 Å². The van der Waals surface area contributed by atoms with Crippen LogP contribution in [-0.4, -0.2) is 36.5 Å². The summed E-state index contributed by atoms with van der Waals surface area (Å²) in [6, 6.07) is 10.3. The highest BCUT2D eigenvalue weighted by Crippen LogP contribution is 2.50. The third kappa shape index (κ3) is 3.93. The van der Waals surface area contributed by atoms with E-state index < -0.39 is 0 Å². The summed E-state index contributed by atoms with van der Waals surface area (Å²) in [5, 5.41) is 0. The number of aliphatic imine (C=N–C) groups is 1. The Balaban J connectivity index is 2.03. The lowest BCUT2D eigenvalue weighted by Gasteiger charge is -2.33. The van der Waals surface area contributed by atoms with Crippen molar-refractivity contribution >= 4 is 11.7 Å². The van der Waals surface area contributed by atoms with Crippen LogP contribution in [0.4, 0.5) is 0 Å². The molecule has 0 N–H and O–H groups in total. The highest BCUT2D eigenvalue weighted by Gasteiger charge is 2.42. The Bertz CT molecular complexity index is 1050. The van der Waals surface area contributed by atoms with Gasteiger partial charge in [0.1, 0.15) is 5.60 Å². The zero-order chi connectivity index (χ0) is 22.4. The van der Waals surface area contributed by atoms with Gasteiger partial charge in [0.05, 0.1) is 31.4 Å². The first-order valence-corrected chi connectivity index (χ1v) is 10.9. The molecule has 0 spiro atoms. The maximum absolute atomic E-state index is 12.6. The molecular formula is C26H31NO4. The van der Waals surface area contributed by atoms with Crippen molar-refractivity contribution in [3.63, 3.8) is 0 Å². The van der Waals surface area contributed by atoms with Gasteiger partial charge in [0.2, 0.25) is 0 Å². The van der Waals surface area contributed by atoms with Crippen molar-refractivity contribution in [3.05, 3.63) is 58.1 Å². The maximum Gasteiger partial charge on any atom is 0.310 e. The van der Waals surface area contributed by atoms with Gasteiger partial charge in [0.15, 0.2) is 11.5 Å². The molecule has 0 radical (unpaired) electrons. The topological polar surface area (TPSA) is 57.1 Å². The van der Waals surface area contributed by atoms with Crippen molar-refractivity contribution in [1.29, 1.82) is 0 Å². The molecule has 4 rings (SSSR count). The van der Waals surface area contributed by atoms with E-state index in [1.165, 1.54) is 0 Å². The Labute approximate surface area is 184 Å². The average Bonchev–Trinajstić information content (AvgIpc) is 3.02. The number of benzene rings is 2. The number of rotatable bonds is 5. The van der Waals surface area contributed by atoms with Crippen LogP contribution in [0.3, 0.4) is 0 Å². The second-order valence-corrected chi connectivity index (χ2v) is 9.51. The molecule has 2 aromatic rings. The van der Waals surface area contributed by atoms with Gasteiger partial charge in [-0.2, -0.15) is 0 Å². The van der Waals surface area contributed by atoms with Crippen LogP contribution in [0.25, 0.3) is 0 Å². The number of esters is 1. The minimum atomic E-state index is -0.360. The van der Waals surface area contributed by atoms with Crippen LogP contribution in [0.2, 0.25) is 0 Å². The second-order valence-electron chi connectivity index (χ2n) is 9.51. The molecule has 0 aliphatic carbocycles. The predicted molar refractivity (Wildman–Crippen MR) is 122 cm³/mol. The summed E-state index contributed by atoms with van der Waals surface area (Å²) < 4.78 is 17.5. The molecule has 0 saturated heterocycles. The summed E-state index contributed by atoms with van der Waals surface area (Å²) in [7, 11) is 1.64. The number of hydrogen-bond acceptors (Lipinski definition) is 5. The number of carbonyl (C=O) groups excluding carboxylic acids is 1. The van der Waals surface area contributed by atoms with Crippen LogP contribution in [-0.2, 0) is 28.8 Å². The summed E-state index contributed by atoms with van der Waals surface area (Å²) >= 11 is 0. The minimum Gasteiger partial charge on any atom is -0.493 e. The van der Waals surface area contributed by atoms with Crippen LogP contribution in [0, 0.1) is 0 Å². The van der Waals surface area contributed by atoms with E-state index in [1.54, 1.807) is 7.11 Å². The molecule has 0 aromatic heterocycles. The fourth-order valence-corrected chi connectivity index (χ4v) is 4.75. The first-order chi connectivity index (χ1) is 14.7. The minimum absolute atomic E-state index is 0.147. The SMILES string of the molecule is CCOC(=O)Cc1c2c(c3c(c1OC)OC(C)(C)C3)C(c1ccccc1)=NC(C)(C)C2. The number of ether oxygens (including phenoxy) is 3. The van der Waals surface area contributed by atoms with Crippen molar-refractivity contribution in [1.82, 2.24) is 0 Å². The summed E-state index contributed by atoms with van der Waals surface area (Å²) in [5.41, 5.74) is 5.52. The molecule has 31 heavy (non-hydrogen) atoms. The molecule has 2 aliphatic heterocycles. The van der Waals surface area contributed by atoms with Crippen LogP contribution in [0.15, 0.2) is 35.3 Å². The molecule has 164 valence electrons. The molecule has 0 saturated carbocycles. The number of fused-ring (bicyclic) bond motifs is 3. The quantitative estimate of drug-likeness (QED) is 0.658.